The van der Waals surface area contributed by atoms with E-state index in [0.29, 0.717) is 6.61 Å². The Morgan fingerprint density at radius 2 is 2.22 bits per heavy atom. The van der Waals surface area contributed by atoms with Gasteiger partial charge in [0, 0.05) is 15.5 Å². The molecule has 0 aromatic rings. The first-order valence-electron chi connectivity index (χ1n) is 6.27. The normalized spacial score (nSPS) is 37.6. The maximum absolute atomic E-state index is 9.06. The molecule has 2 rings (SSSR count). The molecule has 2 aliphatic heterocycles. The summed E-state index contributed by atoms with van der Waals surface area (Å²) in [5, 5.41) is 9.06. The molecule has 2 heterocycles. The summed E-state index contributed by atoms with van der Waals surface area (Å²) in [6.07, 6.45) is 1.68. The van der Waals surface area contributed by atoms with Crippen LogP contribution < -0.4 is 0 Å². The Labute approximate surface area is 111 Å². The first-order valence-corrected chi connectivity index (χ1v) is 6.74. The van der Waals surface area contributed by atoms with Crippen LogP contribution in [0.2, 0.25) is 0 Å². The highest BCUT2D eigenvalue weighted by Gasteiger charge is 2.45. The van der Waals surface area contributed by atoms with Gasteiger partial charge in [0.15, 0.2) is 5.79 Å². The average Bonchev–Trinajstić information content (AvgIpc) is 2.85. The van der Waals surface area contributed by atoms with E-state index in [1.165, 1.54) is 0 Å². The molecule has 0 spiro atoms. The highest BCUT2D eigenvalue weighted by atomic mass is 31.0. The fourth-order valence-electron chi connectivity index (χ4n) is 2.82. The molecule has 0 bridgehead atoms. The highest BCUT2D eigenvalue weighted by Crippen LogP contribution is 2.33. The third-order valence-electron chi connectivity index (χ3n) is 3.83. The van der Waals surface area contributed by atoms with Gasteiger partial charge in [-0.1, -0.05) is 0 Å². The van der Waals surface area contributed by atoms with E-state index in [9.17, 15) is 0 Å². The van der Waals surface area contributed by atoms with Gasteiger partial charge in [-0.15, -0.1) is 0 Å². The smallest absolute Gasteiger partial charge is 0.163 e. The molecule has 5 unspecified atom stereocenters. The van der Waals surface area contributed by atoms with Crippen LogP contribution in [0.3, 0.4) is 0 Å². The van der Waals surface area contributed by atoms with E-state index in [-0.39, 0.29) is 24.3 Å². The number of rotatable bonds is 3. The summed E-state index contributed by atoms with van der Waals surface area (Å²) in [7, 11) is 4.30. The van der Waals surface area contributed by atoms with E-state index in [2.05, 4.69) is 20.4 Å². The molecule has 0 N–H and O–H groups in total. The quantitative estimate of drug-likeness (QED) is 0.723. The van der Waals surface area contributed by atoms with Gasteiger partial charge in [-0.05, 0) is 33.7 Å². The first-order chi connectivity index (χ1) is 8.48. The molecular weight excluding hydrogens is 249 g/mol. The maximum atomic E-state index is 9.06. The first kappa shape index (κ1) is 14.2. The van der Waals surface area contributed by atoms with E-state index < -0.39 is 5.79 Å². The van der Waals surface area contributed by atoms with Gasteiger partial charge in [0.1, 0.15) is 12.2 Å². The topological polar surface area (TPSA) is 54.7 Å². The zero-order valence-corrected chi connectivity index (χ0v) is 12.3. The van der Waals surface area contributed by atoms with Gasteiger partial charge in [0.05, 0.1) is 18.7 Å². The minimum atomic E-state index is -0.544. The minimum absolute atomic E-state index is 0.0204. The molecule has 0 aromatic carbocycles. The van der Waals surface area contributed by atoms with Gasteiger partial charge in [-0.25, -0.2) is 0 Å². The van der Waals surface area contributed by atoms with Crippen LogP contribution in [0.5, 0.6) is 0 Å². The predicted octanol–water partition coefficient (Wildman–Crippen LogP) is 1.30. The van der Waals surface area contributed by atoms with Crippen molar-refractivity contribution in [2.45, 2.75) is 56.8 Å². The summed E-state index contributed by atoms with van der Waals surface area (Å²) in [6.45, 7) is 4.35. The van der Waals surface area contributed by atoms with Crippen LogP contribution in [0.25, 0.3) is 0 Å². The van der Waals surface area contributed by atoms with Crippen molar-refractivity contribution in [3.63, 3.8) is 0 Å². The molecule has 5 nitrogen and oxygen atoms in total. The van der Waals surface area contributed by atoms with Gasteiger partial charge >= 0.3 is 0 Å². The van der Waals surface area contributed by atoms with E-state index in [4.69, 9.17) is 19.3 Å². The number of nitrogens with zero attached hydrogens (tertiary/aromatic N) is 2. The summed E-state index contributed by atoms with van der Waals surface area (Å²) in [4.78, 5) is 2.09. The fourth-order valence-corrected chi connectivity index (χ4v) is 3.18. The van der Waals surface area contributed by atoms with E-state index in [1.807, 2.05) is 20.9 Å². The van der Waals surface area contributed by atoms with E-state index in [0.717, 1.165) is 12.8 Å². The molecular formula is C12H21N2O3P. The van der Waals surface area contributed by atoms with Crippen molar-refractivity contribution in [1.29, 1.82) is 5.26 Å². The van der Waals surface area contributed by atoms with Crippen molar-refractivity contribution in [2.24, 2.45) is 0 Å². The standard InChI is InChI=1S/C12H21N2O3P/c1-12(2)15-7-10(16-12)11(17-18)9-5-4-8(6-13)14(9)3/h8-11H,4-5,7,18H2,1-3H3/i17-2. The number of likely N-dealkylation sites (tertiary alicyclic amines) is 1. The van der Waals surface area contributed by atoms with Gasteiger partial charge in [-0.3, -0.25) is 4.90 Å². The molecule has 2 fully saturated rings. The zero-order valence-electron chi connectivity index (χ0n) is 11.1. The van der Waals surface area contributed by atoms with Crippen LogP contribution in [0.1, 0.15) is 26.7 Å². The maximum Gasteiger partial charge on any atom is 0.163 e. The molecule has 18 heavy (non-hydrogen) atoms. The van der Waals surface area contributed by atoms with Gasteiger partial charge < -0.3 is 14.0 Å². The van der Waals surface area contributed by atoms with Crippen LogP contribution in [0, 0.1) is 11.3 Å². The second-order valence-electron chi connectivity index (χ2n) is 5.42. The predicted molar refractivity (Wildman–Crippen MR) is 69.7 cm³/mol. The lowest BCUT2D eigenvalue weighted by Gasteiger charge is -2.32. The van der Waals surface area contributed by atoms with Crippen LogP contribution >= 0.6 is 9.47 Å². The lowest BCUT2D eigenvalue weighted by atomic mass is 10.0. The largest absolute Gasteiger partial charge is 0.358 e. The summed E-state index contributed by atoms with van der Waals surface area (Å²) < 4.78 is 17.0. The summed E-state index contributed by atoms with van der Waals surface area (Å²) >= 11 is 0. The third kappa shape index (κ3) is 2.68. The minimum Gasteiger partial charge on any atom is -0.358 e. The molecule has 2 aliphatic rings. The van der Waals surface area contributed by atoms with Crippen LogP contribution in [0.4, 0.5) is 0 Å². The van der Waals surface area contributed by atoms with Crippen molar-refractivity contribution >= 4 is 9.47 Å². The molecule has 0 radical (unpaired) electrons. The Kier molecular flexibility index (Phi) is 4.25. The van der Waals surface area contributed by atoms with Crippen molar-refractivity contribution in [2.75, 3.05) is 13.7 Å². The summed E-state index contributed by atoms with van der Waals surface area (Å²) in [5.41, 5.74) is 0. The SMILES string of the molecule is CN1C(C#N)CCC1C([14O]P)C1COC(C)(C)O1. The molecule has 0 aromatic heterocycles. The molecule has 2 saturated heterocycles. The number of ether oxygens (including phenoxy) is 2. The second-order valence-corrected chi connectivity index (χ2v) is 5.70. The molecule has 0 aliphatic carbocycles. The summed E-state index contributed by atoms with van der Waals surface area (Å²) in [6, 6.07) is 2.50. The second kappa shape index (κ2) is 5.40. The monoisotopic (exact) mass is 270 g/mol. The van der Waals surface area contributed by atoms with Crippen molar-refractivity contribution in [3.8, 4) is 6.07 Å². The Hall–Kier alpha value is -0.240. The Morgan fingerprint density at radius 3 is 2.67 bits per heavy atom. The molecule has 5 atom stereocenters. The van der Waals surface area contributed by atoms with Gasteiger partial charge in [-0.2, -0.15) is 5.26 Å². The Bertz CT molecular complexity index is 345. The average molecular weight is 270 g/mol. The van der Waals surface area contributed by atoms with Crippen molar-refractivity contribution in [3.05, 3.63) is 0 Å². The number of hydrogen-bond acceptors (Lipinski definition) is 5. The van der Waals surface area contributed by atoms with Crippen LogP contribution in [-0.2, 0) is 14.0 Å². The van der Waals surface area contributed by atoms with E-state index in [1.54, 1.807) is 0 Å². The molecule has 102 valence electrons. The lowest BCUT2D eigenvalue weighted by molar-refractivity contribution is -0.151. The molecule has 6 heteroatoms. The fraction of sp³-hybridized carbons (Fsp3) is 0.917. The third-order valence-corrected chi connectivity index (χ3v) is 4.15. The highest BCUT2D eigenvalue weighted by molar-refractivity contribution is 7.09. The van der Waals surface area contributed by atoms with Crippen molar-refractivity contribution in [1.82, 2.24) is 4.90 Å². The molecule has 0 amide bonds. The Balaban J connectivity index is 2.04. The summed E-state index contributed by atoms with van der Waals surface area (Å²) in [5.74, 6) is -0.544. The van der Waals surface area contributed by atoms with Gasteiger partial charge in [0.2, 0.25) is 0 Å². The van der Waals surface area contributed by atoms with Gasteiger partial charge in [0.25, 0.3) is 0 Å². The van der Waals surface area contributed by atoms with Crippen LogP contribution in [0.15, 0.2) is 0 Å². The van der Waals surface area contributed by atoms with Crippen LogP contribution in [-0.4, -0.2) is 48.6 Å². The molecule has 0 saturated carbocycles. The van der Waals surface area contributed by atoms with E-state index >= 15 is 0 Å². The number of nitriles is 1. The zero-order chi connectivity index (χ0) is 13.3. The number of hydrogen-bond donors (Lipinski definition) is 0. The van der Waals surface area contributed by atoms with Crippen molar-refractivity contribution < 1.29 is 14.0 Å². The lowest BCUT2D eigenvalue weighted by Crippen LogP contribution is -2.47. The number of likely N-dealkylation sites (N-methyl/N-ethyl adjacent to an activating group) is 1. The Morgan fingerprint density at radius 1 is 1.50 bits per heavy atom.